The van der Waals surface area contributed by atoms with Crippen molar-refractivity contribution in [1.82, 2.24) is 24.5 Å². The van der Waals surface area contributed by atoms with Crippen molar-refractivity contribution in [1.29, 1.82) is 0 Å². The highest BCUT2D eigenvalue weighted by Gasteiger charge is 2.53. The molecule has 2 saturated heterocycles. The number of allylic oxidation sites excluding steroid dienone is 1. The number of aromatic hydroxyl groups is 1. The quantitative estimate of drug-likeness (QED) is 0.0316. The van der Waals surface area contributed by atoms with Gasteiger partial charge in [-0.2, -0.15) is 13.9 Å². The molecule has 20 heteroatoms. The molecule has 6 rings (SSSR count). The van der Waals surface area contributed by atoms with E-state index in [2.05, 4.69) is 25.1 Å². The maximum absolute atomic E-state index is 13.5. The molecule has 0 unspecified atom stereocenters. The van der Waals surface area contributed by atoms with Gasteiger partial charge >= 0.3 is 0 Å². The van der Waals surface area contributed by atoms with E-state index in [0.717, 1.165) is 34.1 Å². The van der Waals surface area contributed by atoms with Crippen molar-refractivity contribution in [2.24, 2.45) is 5.16 Å². The third kappa shape index (κ3) is 6.83. The summed E-state index contributed by atoms with van der Waals surface area (Å²) in [5, 5.41) is 37.9. The fourth-order valence-corrected chi connectivity index (χ4v) is 7.25. The number of carboxylic acids is 1. The number of phenols is 1. The summed E-state index contributed by atoms with van der Waals surface area (Å²) in [6, 6.07) is 5.84. The van der Waals surface area contributed by atoms with Crippen LogP contribution < -0.4 is 26.0 Å². The lowest BCUT2D eigenvalue weighted by atomic mass is 10.0. The number of thioether (sulfide) groups is 1. The highest BCUT2D eigenvalue weighted by Crippen LogP contribution is 2.41. The summed E-state index contributed by atoms with van der Waals surface area (Å²) in [7, 11) is 0. The lowest BCUT2D eigenvalue weighted by Crippen LogP contribution is -2.71. The summed E-state index contributed by atoms with van der Waals surface area (Å²) in [6.45, 7) is 0.532. The van der Waals surface area contributed by atoms with Gasteiger partial charge in [-0.15, -0.1) is 11.8 Å². The van der Waals surface area contributed by atoms with Crippen LogP contribution in [0.1, 0.15) is 17.8 Å². The number of hydrogen-bond acceptors (Lipinski definition) is 14. The second-order valence-corrected chi connectivity index (χ2v) is 13.1. The van der Waals surface area contributed by atoms with Gasteiger partial charge in [0.2, 0.25) is 24.0 Å². The Morgan fingerprint density at radius 2 is 1.98 bits per heavy atom. The van der Waals surface area contributed by atoms with Crippen LogP contribution in [-0.2, 0) is 37.1 Å². The van der Waals surface area contributed by atoms with Gasteiger partial charge < -0.3 is 41.5 Å². The molecule has 50 heavy (non-hydrogen) atoms. The number of β-lactam (4-membered cyclic amide) rings is 1. The van der Waals surface area contributed by atoms with Crippen LogP contribution in [0.4, 0.5) is 15.2 Å². The first-order chi connectivity index (χ1) is 23.9. The average molecular weight is 724 g/mol. The third-order valence-electron chi connectivity index (χ3n) is 7.90. The molecule has 0 bridgehead atoms. The molecule has 0 aliphatic carbocycles. The SMILES string of the molecule is Nc1nc(/C(=N/O)C(=O)N[C@@H]2C(=O)N3C(C(=O)[O-])=C(C=C4CCN(Cc5cc[n+](CC(=O)Nc6ccc(O)c(F)c6)cc5)C4=O)CS[C@H]23)ns1. The van der Waals surface area contributed by atoms with E-state index < -0.39 is 58.1 Å². The normalized spacial score (nSPS) is 19.8. The Morgan fingerprint density at radius 1 is 1.22 bits per heavy atom. The predicted octanol–water partition coefficient (Wildman–Crippen LogP) is -1.17. The van der Waals surface area contributed by atoms with Gasteiger partial charge in [0.15, 0.2) is 29.1 Å². The van der Waals surface area contributed by atoms with E-state index in [0.29, 0.717) is 18.5 Å². The minimum Gasteiger partial charge on any atom is -0.543 e. The summed E-state index contributed by atoms with van der Waals surface area (Å²) < 4.78 is 18.9. The number of benzene rings is 1. The van der Waals surface area contributed by atoms with Crippen LogP contribution >= 0.6 is 23.3 Å². The van der Waals surface area contributed by atoms with Crippen molar-refractivity contribution in [2.45, 2.75) is 30.9 Å². The molecule has 3 aromatic rings. The minimum atomic E-state index is -1.62. The highest BCUT2D eigenvalue weighted by molar-refractivity contribution is 8.00. The monoisotopic (exact) mass is 723 g/mol. The molecule has 3 aliphatic heterocycles. The number of oxime groups is 1. The summed E-state index contributed by atoms with van der Waals surface area (Å²) in [4.78, 5) is 70.1. The Hall–Kier alpha value is -5.89. The molecule has 2 aromatic heterocycles. The van der Waals surface area contributed by atoms with Gasteiger partial charge in [0.1, 0.15) is 11.4 Å². The van der Waals surface area contributed by atoms with E-state index in [1.54, 1.807) is 34.0 Å². The molecular weight excluding hydrogens is 698 g/mol. The molecular formula is C30H26FN9O8S2. The average Bonchev–Trinajstić information content (AvgIpc) is 3.66. The molecule has 1 aromatic carbocycles. The fraction of sp³-hybridized carbons (Fsp3) is 0.233. The Balaban J connectivity index is 1.07. The first-order valence-corrected chi connectivity index (χ1v) is 16.5. The largest absolute Gasteiger partial charge is 0.543 e. The zero-order valence-corrected chi connectivity index (χ0v) is 27.2. The predicted molar refractivity (Wildman–Crippen MR) is 171 cm³/mol. The van der Waals surface area contributed by atoms with E-state index in [-0.39, 0.29) is 47.0 Å². The van der Waals surface area contributed by atoms with E-state index in [4.69, 9.17) is 5.73 Å². The number of carboxylic acid groups (broad SMARTS) is 1. The molecule has 0 spiro atoms. The van der Waals surface area contributed by atoms with Crippen molar-refractivity contribution < 1.29 is 48.4 Å². The number of carbonyl (C=O) groups excluding carboxylic acids is 5. The van der Waals surface area contributed by atoms with Gasteiger partial charge in [0, 0.05) is 59.8 Å². The Kier molecular flexibility index (Phi) is 9.46. The maximum Gasteiger partial charge on any atom is 0.290 e. The lowest BCUT2D eigenvalue weighted by molar-refractivity contribution is -0.684. The van der Waals surface area contributed by atoms with E-state index in [9.17, 15) is 43.8 Å². The minimum absolute atomic E-state index is 0.0257. The summed E-state index contributed by atoms with van der Waals surface area (Å²) in [5.41, 5.74) is 6.07. The second-order valence-electron chi connectivity index (χ2n) is 11.2. The molecule has 4 amide bonds. The number of phenolic OH excluding ortho intramolecular Hbond substituents is 1. The van der Waals surface area contributed by atoms with Crippen LogP contribution in [0.3, 0.4) is 0 Å². The molecule has 0 radical (unpaired) electrons. The second kappa shape index (κ2) is 13.9. The summed E-state index contributed by atoms with van der Waals surface area (Å²) >= 11 is 1.94. The number of halogens is 1. The molecule has 5 heterocycles. The molecule has 2 fully saturated rings. The number of hydrogen-bond donors (Lipinski definition) is 5. The van der Waals surface area contributed by atoms with E-state index >= 15 is 0 Å². The first-order valence-electron chi connectivity index (χ1n) is 14.7. The zero-order valence-electron chi connectivity index (χ0n) is 25.6. The number of nitrogens with zero attached hydrogens (tertiary/aromatic N) is 6. The van der Waals surface area contributed by atoms with Crippen LogP contribution in [0.25, 0.3) is 0 Å². The van der Waals surface area contributed by atoms with Crippen molar-refractivity contribution in [2.75, 3.05) is 23.3 Å². The molecule has 258 valence electrons. The van der Waals surface area contributed by atoms with Crippen LogP contribution in [0, 0.1) is 5.82 Å². The molecule has 6 N–H and O–H groups in total. The standard InChI is InChI=1S/C30H26FN9O8S2/c31-18-10-17(1-2-19(18)41)33-20(42)12-38-6-3-14(4-7-38)11-39-8-5-15(26(39)44)9-16-13-49-28-22(27(45)40(28)23(16)29(46)47)34-25(43)21(36-48)24-35-30(32)50-37-24/h1-4,6-7,9-10,22,28H,5,8,11-13H2,(H6-,32,33,34,35,36,37,41,42,43,46,47,48)/t22-,28-/m1/s1. The number of fused-ring (bicyclic) bond motifs is 1. The van der Waals surface area contributed by atoms with Crippen molar-refractivity contribution in [3.63, 3.8) is 0 Å². The smallest absolute Gasteiger partial charge is 0.290 e. The van der Waals surface area contributed by atoms with Crippen molar-refractivity contribution in [3.8, 4) is 5.75 Å². The molecule has 2 atom stereocenters. The number of nitrogen functional groups attached to an aromatic ring is 1. The van der Waals surface area contributed by atoms with Gasteiger partial charge in [-0.3, -0.25) is 24.1 Å². The number of aromatic nitrogens is 3. The summed E-state index contributed by atoms with van der Waals surface area (Å²) in [5.74, 6) is -5.58. The molecule has 3 aliphatic rings. The maximum atomic E-state index is 13.5. The number of pyridine rings is 1. The van der Waals surface area contributed by atoms with Crippen molar-refractivity contribution >= 4 is 69.4 Å². The summed E-state index contributed by atoms with van der Waals surface area (Å²) in [6.07, 6.45) is 5.09. The number of aliphatic carboxylic acids is 1. The lowest BCUT2D eigenvalue weighted by Gasteiger charge is -2.50. The van der Waals surface area contributed by atoms with E-state index in [1.165, 1.54) is 23.9 Å². The number of carbonyl (C=O) groups is 5. The van der Waals surface area contributed by atoms with Gasteiger partial charge in [0.25, 0.3) is 17.7 Å². The molecule has 17 nitrogen and oxygen atoms in total. The fourth-order valence-electron chi connectivity index (χ4n) is 5.51. The Morgan fingerprint density at radius 3 is 2.64 bits per heavy atom. The Bertz CT molecular complexity index is 2020. The third-order valence-corrected chi connectivity index (χ3v) is 9.74. The van der Waals surface area contributed by atoms with Gasteiger partial charge in [-0.1, -0.05) is 5.16 Å². The van der Waals surface area contributed by atoms with E-state index in [1.807, 2.05) is 0 Å². The Labute approximate surface area is 289 Å². The van der Waals surface area contributed by atoms with Crippen LogP contribution in [0.15, 0.2) is 70.8 Å². The van der Waals surface area contributed by atoms with Crippen LogP contribution in [-0.4, -0.2) is 88.5 Å². The van der Waals surface area contributed by atoms with Crippen LogP contribution in [0.5, 0.6) is 5.75 Å². The highest BCUT2D eigenvalue weighted by atomic mass is 32.2. The van der Waals surface area contributed by atoms with Crippen molar-refractivity contribution in [3.05, 3.63) is 82.8 Å². The topological polar surface area (TPSA) is 247 Å². The van der Waals surface area contributed by atoms with Gasteiger partial charge in [-0.25, -0.2) is 4.39 Å². The van der Waals surface area contributed by atoms with Gasteiger partial charge in [-0.05, 0) is 35.8 Å². The number of rotatable bonds is 10. The number of nitrogens with one attached hydrogen (secondary N) is 2. The van der Waals surface area contributed by atoms with Gasteiger partial charge in [0.05, 0.1) is 11.7 Å². The molecule has 0 saturated carbocycles. The number of likely N-dealkylation sites (tertiary alicyclic amines) is 1. The number of anilines is 2. The first kappa shape index (κ1) is 34.0. The van der Waals surface area contributed by atoms with Crippen LogP contribution in [0.2, 0.25) is 0 Å². The number of amides is 4. The zero-order chi connectivity index (χ0) is 35.7. The number of nitrogens with two attached hydrogens (primary N) is 1.